The van der Waals surface area contributed by atoms with Gasteiger partial charge >= 0.3 is 0 Å². The summed E-state index contributed by atoms with van der Waals surface area (Å²) in [7, 11) is 1.53. The summed E-state index contributed by atoms with van der Waals surface area (Å²) in [6.07, 6.45) is 0.519. The quantitative estimate of drug-likeness (QED) is 0.429. The largest absolute Gasteiger partial charge is 0.495 e. The molecule has 5 nitrogen and oxygen atoms in total. The molecule has 0 atom stereocenters. The Morgan fingerprint density at radius 3 is 2.66 bits per heavy atom. The molecule has 146 valence electrons. The number of ether oxygens (including phenoxy) is 1. The number of aromatic nitrogens is 2. The molecule has 0 unspecified atom stereocenters. The fraction of sp³-hybridized carbons (Fsp3) is 0.0909. The van der Waals surface area contributed by atoms with Crippen LogP contribution in [0.1, 0.15) is 21.7 Å². The minimum absolute atomic E-state index is 0.272. The predicted molar refractivity (Wildman–Crippen MR) is 116 cm³/mol. The van der Waals surface area contributed by atoms with Crippen molar-refractivity contribution >= 4 is 45.8 Å². The fourth-order valence-corrected chi connectivity index (χ4v) is 3.51. The molecular formula is C22H17Cl2N3O2. The minimum atomic E-state index is -0.272. The maximum absolute atomic E-state index is 12.6. The van der Waals surface area contributed by atoms with Crippen LogP contribution in [-0.2, 0) is 6.42 Å². The molecule has 0 aliphatic heterocycles. The number of nitrogens with one attached hydrogen (secondary N) is 2. The summed E-state index contributed by atoms with van der Waals surface area (Å²) in [5, 5.41) is 3.86. The van der Waals surface area contributed by atoms with E-state index in [-0.39, 0.29) is 5.91 Å². The van der Waals surface area contributed by atoms with Crippen molar-refractivity contribution in [2.75, 3.05) is 12.4 Å². The normalized spacial score (nSPS) is 10.9. The van der Waals surface area contributed by atoms with Crippen molar-refractivity contribution in [2.45, 2.75) is 6.42 Å². The summed E-state index contributed by atoms with van der Waals surface area (Å²) in [6.45, 7) is 0. The number of carbonyl (C=O) groups excluding carboxylic acids is 1. The molecule has 1 heterocycles. The molecule has 2 N–H and O–H groups in total. The average Bonchev–Trinajstić information content (AvgIpc) is 3.12. The third kappa shape index (κ3) is 4.21. The zero-order valence-electron chi connectivity index (χ0n) is 15.5. The van der Waals surface area contributed by atoms with E-state index in [9.17, 15) is 4.79 Å². The van der Waals surface area contributed by atoms with Crippen molar-refractivity contribution in [3.05, 3.63) is 87.7 Å². The van der Waals surface area contributed by atoms with Gasteiger partial charge in [-0.15, -0.1) is 0 Å². The molecule has 4 aromatic rings. The first-order valence-corrected chi connectivity index (χ1v) is 9.66. The fourth-order valence-electron chi connectivity index (χ4n) is 3.07. The number of methoxy groups -OCH3 is 1. The number of amides is 1. The molecule has 4 rings (SSSR count). The second-order valence-corrected chi connectivity index (χ2v) is 7.30. The number of rotatable bonds is 5. The highest BCUT2D eigenvalue weighted by atomic mass is 35.5. The van der Waals surface area contributed by atoms with E-state index in [0.29, 0.717) is 33.5 Å². The first-order chi connectivity index (χ1) is 14.0. The van der Waals surface area contributed by atoms with Crippen molar-refractivity contribution in [1.82, 2.24) is 9.97 Å². The number of imidazole rings is 1. The van der Waals surface area contributed by atoms with Crippen LogP contribution in [0.5, 0.6) is 5.75 Å². The van der Waals surface area contributed by atoms with Gasteiger partial charge in [0.15, 0.2) is 0 Å². The number of halogens is 2. The third-order valence-electron chi connectivity index (χ3n) is 4.51. The van der Waals surface area contributed by atoms with Gasteiger partial charge in [0.25, 0.3) is 5.91 Å². The number of benzene rings is 3. The molecule has 1 aromatic heterocycles. The Morgan fingerprint density at radius 1 is 1.07 bits per heavy atom. The smallest absolute Gasteiger partial charge is 0.255 e. The third-order valence-corrected chi connectivity index (χ3v) is 5.18. The molecule has 7 heteroatoms. The van der Waals surface area contributed by atoms with Crippen LogP contribution in [-0.4, -0.2) is 23.0 Å². The van der Waals surface area contributed by atoms with Crippen LogP contribution in [0, 0.1) is 0 Å². The average molecular weight is 426 g/mol. The number of H-pyrrole nitrogens is 1. The van der Waals surface area contributed by atoms with E-state index in [1.54, 1.807) is 30.3 Å². The number of fused-ring (bicyclic) bond motifs is 1. The van der Waals surface area contributed by atoms with Gasteiger partial charge in [0.05, 0.1) is 23.2 Å². The molecule has 29 heavy (non-hydrogen) atoms. The van der Waals surface area contributed by atoms with Gasteiger partial charge in [-0.05, 0) is 54.1 Å². The molecule has 0 aliphatic carbocycles. The van der Waals surface area contributed by atoms with E-state index in [1.165, 1.54) is 7.11 Å². The van der Waals surface area contributed by atoms with E-state index in [0.717, 1.165) is 22.4 Å². The summed E-state index contributed by atoms with van der Waals surface area (Å²) >= 11 is 12.5. The van der Waals surface area contributed by atoms with Gasteiger partial charge in [0, 0.05) is 22.7 Å². The number of hydrogen-bond acceptors (Lipinski definition) is 3. The minimum Gasteiger partial charge on any atom is -0.495 e. The summed E-state index contributed by atoms with van der Waals surface area (Å²) in [4.78, 5) is 20.5. The molecule has 0 aliphatic rings. The Bertz CT molecular complexity index is 1170. The van der Waals surface area contributed by atoms with Crippen molar-refractivity contribution in [3.8, 4) is 5.75 Å². The molecule has 0 saturated heterocycles. The van der Waals surface area contributed by atoms with E-state index in [1.807, 2.05) is 30.3 Å². The number of aromatic amines is 1. The van der Waals surface area contributed by atoms with E-state index in [2.05, 4.69) is 15.3 Å². The van der Waals surface area contributed by atoms with Crippen molar-refractivity contribution in [2.24, 2.45) is 0 Å². The molecule has 0 fully saturated rings. The number of hydrogen-bond donors (Lipinski definition) is 2. The molecule has 0 radical (unpaired) electrons. The maximum atomic E-state index is 12.6. The number of anilines is 1. The lowest BCUT2D eigenvalue weighted by atomic mass is 10.1. The van der Waals surface area contributed by atoms with E-state index < -0.39 is 0 Å². The lowest BCUT2D eigenvalue weighted by molar-refractivity contribution is 0.102. The lowest BCUT2D eigenvalue weighted by Crippen LogP contribution is -2.12. The van der Waals surface area contributed by atoms with Crippen LogP contribution in [0.25, 0.3) is 11.0 Å². The summed E-state index contributed by atoms with van der Waals surface area (Å²) in [5.41, 5.74) is 3.80. The summed E-state index contributed by atoms with van der Waals surface area (Å²) in [5.74, 6) is 1.05. The van der Waals surface area contributed by atoms with E-state index >= 15 is 0 Å². The second kappa shape index (κ2) is 8.15. The van der Waals surface area contributed by atoms with Crippen LogP contribution in [0.15, 0.2) is 60.7 Å². The van der Waals surface area contributed by atoms with Gasteiger partial charge in [0.1, 0.15) is 11.6 Å². The maximum Gasteiger partial charge on any atom is 0.255 e. The molecule has 0 saturated carbocycles. The van der Waals surface area contributed by atoms with Crippen molar-refractivity contribution < 1.29 is 9.53 Å². The number of carbonyl (C=O) groups is 1. The zero-order valence-corrected chi connectivity index (χ0v) is 17.0. The first-order valence-electron chi connectivity index (χ1n) is 8.90. The van der Waals surface area contributed by atoms with Gasteiger partial charge in [-0.25, -0.2) is 4.98 Å². The van der Waals surface area contributed by atoms with Crippen LogP contribution in [0.3, 0.4) is 0 Å². The zero-order chi connectivity index (χ0) is 20.4. The Labute approximate surface area is 177 Å². The van der Waals surface area contributed by atoms with Gasteiger partial charge in [-0.2, -0.15) is 0 Å². The topological polar surface area (TPSA) is 67.0 Å². The highest BCUT2D eigenvalue weighted by Gasteiger charge is 2.12. The van der Waals surface area contributed by atoms with Gasteiger partial charge in [-0.3, -0.25) is 4.79 Å². The molecule has 0 bridgehead atoms. The lowest BCUT2D eigenvalue weighted by Gasteiger charge is -2.10. The molecule has 0 spiro atoms. The molecule has 1 amide bonds. The SMILES string of the molecule is COc1ccc(C(=O)Nc2ccc(Cl)c(Cc3nc4ccccc4[nH]3)c2)cc1Cl. The standard InChI is InChI=1S/C22H17Cl2N3O2/c1-29-20-9-6-13(11-17(20)24)22(28)25-15-7-8-16(23)14(10-15)12-21-26-18-4-2-3-5-19(18)27-21/h2-11H,12H2,1H3,(H,25,28)(H,26,27). The van der Waals surface area contributed by atoms with Gasteiger partial charge in [-0.1, -0.05) is 35.3 Å². The first kappa shape index (κ1) is 19.3. The Morgan fingerprint density at radius 2 is 1.90 bits per heavy atom. The Hall–Kier alpha value is -3.02. The van der Waals surface area contributed by atoms with E-state index in [4.69, 9.17) is 27.9 Å². The predicted octanol–water partition coefficient (Wildman–Crippen LogP) is 5.72. The molecule has 3 aromatic carbocycles. The number of nitrogens with zero attached hydrogens (tertiary/aromatic N) is 1. The Balaban J connectivity index is 1.54. The monoisotopic (exact) mass is 425 g/mol. The Kier molecular flexibility index (Phi) is 5.43. The second-order valence-electron chi connectivity index (χ2n) is 6.49. The highest BCUT2D eigenvalue weighted by Crippen LogP contribution is 2.27. The summed E-state index contributed by atoms with van der Waals surface area (Å²) < 4.78 is 5.12. The van der Waals surface area contributed by atoms with Gasteiger partial charge in [0.2, 0.25) is 0 Å². The van der Waals surface area contributed by atoms with Crippen LogP contribution in [0.4, 0.5) is 5.69 Å². The van der Waals surface area contributed by atoms with Gasteiger partial charge < -0.3 is 15.0 Å². The van der Waals surface area contributed by atoms with Crippen LogP contribution >= 0.6 is 23.2 Å². The van der Waals surface area contributed by atoms with Crippen LogP contribution < -0.4 is 10.1 Å². The molecular weight excluding hydrogens is 409 g/mol. The van der Waals surface area contributed by atoms with Crippen LogP contribution in [0.2, 0.25) is 10.0 Å². The van der Waals surface area contributed by atoms with Crippen molar-refractivity contribution in [3.63, 3.8) is 0 Å². The highest BCUT2D eigenvalue weighted by molar-refractivity contribution is 6.32. The van der Waals surface area contributed by atoms with Crippen molar-refractivity contribution in [1.29, 1.82) is 0 Å². The summed E-state index contributed by atoms with van der Waals surface area (Å²) in [6, 6.07) is 18.1. The number of para-hydroxylation sites is 2.